The maximum atomic E-state index is 13.4. The van der Waals surface area contributed by atoms with Crippen molar-refractivity contribution in [2.45, 2.75) is 42.1 Å². The fourth-order valence-corrected chi connectivity index (χ4v) is 6.55. The van der Waals surface area contributed by atoms with E-state index in [1.807, 2.05) is 0 Å². The van der Waals surface area contributed by atoms with Gasteiger partial charge in [0.2, 0.25) is 17.2 Å². The van der Waals surface area contributed by atoms with Crippen molar-refractivity contribution in [3.63, 3.8) is 0 Å². The van der Waals surface area contributed by atoms with E-state index in [0.29, 0.717) is 5.56 Å². The standard InChI is InChI=1S/C26H22N4O9S/c1-26(2)20(25(35)36)29-23(34)18(24(29)40-26)28-22(33)17(12-6-4-3-5-7-12)27-21(32)15-11-39-16-9-8-13(30(37)38)10-14(16)19(15)31/h3-11,17-18,20,24H,1-2H3,(H,27,32)(H,28,33)(H,35,36)/t17?,18-,20+,24-/m1/s1. The molecule has 0 aliphatic carbocycles. The van der Waals surface area contributed by atoms with E-state index >= 15 is 0 Å². The number of amides is 3. The molecule has 40 heavy (non-hydrogen) atoms. The van der Waals surface area contributed by atoms with Crippen LogP contribution in [-0.2, 0) is 14.4 Å². The number of fused-ring (bicyclic) bond motifs is 2. The van der Waals surface area contributed by atoms with Gasteiger partial charge in [0.05, 0.1) is 10.3 Å². The minimum atomic E-state index is -1.34. The highest BCUT2D eigenvalue weighted by atomic mass is 32.2. The maximum absolute atomic E-state index is 13.4. The Morgan fingerprint density at radius 2 is 1.85 bits per heavy atom. The third-order valence-electron chi connectivity index (χ3n) is 6.85. The Kier molecular flexibility index (Phi) is 6.58. The summed E-state index contributed by atoms with van der Waals surface area (Å²) in [6, 6.07) is 8.08. The summed E-state index contributed by atoms with van der Waals surface area (Å²) >= 11 is 1.25. The number of carboxylic acids is 1. The van der Waals surface area contributed by atoms with Gasteiger partial charge in [0, 0.05) is 16.9 Å². The van der Waals surface area contributed by atoms with E-state index in [9.17, 15) is 39.2 Å². The van der Waals surface area contributed by atoms with Gasteiger partial charge < -0.3 is 25.1 Å². The number of nitrogens with one attached hydrogen (secondary N) is 2. The fourth-order valence-electron chi connectivity index (χ4n) is 4.93. The first-order valence-corrected chi connectivity index (χ1v) is 12.9. The minimum Gasteiger partial charge on any atom is -0.480 e. The molecule has 0 spiro atoms. The number of hydrogen-bond acceptors (Lipinski definition) is 9. The van der Waals surface area contributed by atoms with Gasteiger partial charge in [-0.2, -0.15) is 0 Å². The molecule has 0 bridgehead atoms. The smallest absolute Gasteiger partial charge is 0.327 e. The molecule has 0 radical (unpaired) electrons. The summed E-state index contributed by atoms with van der Waals surface area (Å²) < 4.78 is 4.55. The van der Waals surface area contributed by atoms with Crippen molar-refractivity contribution >= 4 is 52.1 Å². The predicted molar refractivity (Wildman–Crippen MR) is 141 cm³/mol. The molecule has 2 aliphatic heterocycles. The second-order valence-electron chi connectivity index (χ2n) is 9.82. The lowest BCUT2D eigenvalue weighted by molar-refractivity contribution is -0.384. The lowest BCUT2D eigenvalue weighted by Crippen LogP contribution is -2.71. The summed E-state index contributed by atoms with van der Waals surface area (Å²) in [6.07, 6.45) is 0.905. The summed E-state index contributed by atoms with van der Waals surface area (Å²) in [5.41, 5.74) is -1.29. The van der Waals surface area contributed by atoms with E-state index in [1.54, 1.807) is 44.2 Å². The Bertz CT molecular complexity index is 1640. The first kappa shape index (κ1) is 26.9. The van der Waals surface area contributed by atoms with Crippen LogP contribution in [0.1, 0.15) is 35.8 Å². The molecule has 2 aliphatic rings. The van der Waals surface area contributed by atoms with Crippen molar-refractivity contribution < 1.29 is 33.6 Å². The maximum Gasteiger partial charge on any atom is 0.327 e. The predicted octanol–water partition coefficient (Wildman–Crippen LogP) is 1.80. The van der Waals surface area contributed by atoms with Crippen molar-refractivity contribution in [1.82, 2.24) is 15.5 Å². The van der Waals surface area contributed by atoms with Crippen LogP contribution in [0.3, 0.4) is 0 Å². The Labute approximate surface area is 229 Å². The molecule has 5 rings (SSSR count). The molecule has 14 heteroatoms. The number of benzene rings is 2. The number of thioether (sulfide) groups is 1. The van der Waals surface area contributed by atoms with Crippen LogP contribution in [0.25, 0.3) is 11.0 Å². The second kappa shape index (κ2) is 9.79. The molecule has 0 saturated carbocycles. The third-order valence-corrected chi connectivity index (χ3v) is 8.43. The number of rotatable bonds is 7. The molecule has 2 fully saturated rings. The van der Waals surface area contributed by atoms with E-state index in [4.69, 9.17) is 4.42 Å². The van der Waals surface area contributed by atoms with Crippen LogP contribution in [0.5, 0.6) is 0 Å². The number of aliphatic carboxylic acids is 1. The molecular weight excluding hydrogens is 544 g/mol. The molecule has 3 N–H and O–H groups in total. The number of carbonyl (C=O) groups is 4. The molecule has 3 amide bonds. The molecule has 2 aromatic carbocycles. The monoisotopic (exact) mass is 566 g/mol. The van der Waals surface area contributed by atoms with Crippen molar-refractivity contribution in [3.8, 4) is 0 Å². The van der Waals surface area contributed by atoms with Crippen LogP contribution in [0.4, 0.5) is 5.69 Å². The number of carbonyl (C=O) groups excluding carboxylic acids is 3. The molecule has 1 unspecified atom stereocenters. The van der Waals surface area contributed by atoms with Gasteiger partial charge in [-0.05, 0) is 25.5 Å². The van der Waals surface area contributed by atoms with E-state index in [1.165, 1.54) is 22.7 Å². The molecule has 2 saturated heterocycles. The van der Waals surface area contributed by atoms with Crippen LogP contribution >= 0.6 is 11.8 Å². The zero-order valence-electron chi connectivity index (χ0n) is 21.0. The summed E-state index contributed by atoms with van der Waals surface area (Å²) in [5, 5.41) is 25.1. The molecule has 3 aromatic rings. The minimum absolute atomic E-state index is 0.0363. The van der Waals surface area contributed by atoms with Crippen molar-refractivity contribution in [3.05, 3.63) is 86.3 Å². The summed E-state index contributed by atoms with van der Waals surface area (Å²) in [6.45, 7) is 3.41. The van der Waals surface area contributed by atoms with Gasteiger partial charge in [-0.25, -0.2) is 4.79 Å². The van der Waals surface area contributed by atoms with Gasteiger partial charge in [-0.15, -0.1) is 11.8 Å². The highest BCUT2D eigenvalue weighted by Gasteiger charge is 2.64. The van der Waals surface area contributed by atoms with Crippen LogP contribution in [0, 0.1) is 10.1 Å². The quantitative estimate of drug-likeness (QED) is 0.216. The largest absolute Gasteiger partial charge is 0.480 e. The van der Waals surface area contributed by atoms with Crippen LogP contribution in [0.15, 0.2) is 64.0 Å². The SMILES string of the molecule is CC1(C)S[C@@H]2[C@H](NC(=O)C(NC(=O)c3coc4ccc([N+](=O)[O-])cc4c3=O)c3ccccc3)C(=O)N2[C@H]1C(=O)O. The van der Waals surface area contributed by atoms with E-state index in [0.717, 1.165) is 18.4 Å². The zero-order chi connectivity index (χ0) is 28.9. The zero-order valence-corrected chi connectivity index (χ0v) is 21.8. The van der Waals surface area contributed by atoms with Gasteiger partial charge >= 0.3 is 5.97 Å². The van der Waals surface area contributed by atoms with E-state index < -0.39 is 67.9 Å². The van der Waals surface area contributed by atoms with Crippen LogP contribution in [-0.4, -0.2) is 60.8 Å². The number of nitro groups is 1. The van der Waals surface area contributed by atoms with Crippen LogP contribution < -0.4 is 16.1 Å². The average molecular weight is 567 g/mol. The first-order chi connectivity index (χ1) is 18.9. The van der Waals surface area contributed by atoms with Gasteiger partial charge in [-0.1, -0.05) is 30.3 Å². The Morgan fingerprint density at radius 3 is 2.50 bits per heavy atom. The lowest BCUT2D eigenvalue weighted by Gasteiger charge is -2.44. The van der Waals surface area contributed by atoms with Gasteiger partial charge in [0.15, 0.2) is 0 Å². The highest BCUT2D eigenvalue weighted by Crippen LogP contribution is 2.50. The number of non-ortho nitro benzene ring substituents is 1. The third kappa shape index (κ3) is 4.45. The average Bonchev–Trinajstić information content (AvgIpc) is 3.18. The number of hydrogen-bond donors (Lipinski definition) is 3. The molecule has 13 nitrogen and oxygen atoms in total. The summed E-state index contributed by atoms with van der Waals surface area (Å²) in [4.78, 5) is 76.0. The second-order valence-corrected chi connectivity index (χ2v) is 11.6. The molecule has 4 atom stereocenters. The number of β-lactam (4-membered cyclic amide) rings is 1. The normalized spacial score (nSPS) is 21.7. The fraction of sp³-hybridized carbons (Fsp3) is 0.269. The van der Waals surface area contributed by atoms with Gasteiger partial charge in [0.25, 0.3) is 11.6 Å². The number of carboxylic acid groups (broad SMARTS) is 1. The molecular formula is C26H22N4O9S. The topological polar surface area (TPSA) is 189 Å². The number of nitro benzene ring substituents is 1. The summed E-state index contributed by atoms with van der Waals surface area (Å²) in [5.74, 6) is -3.43. The van der Waals surface area contributed by atoms with E-state index in [2.05, 4.69) is 10.6 Å². The molecule has 206 valence electrons. The first-order valence-electron chi connectivity index (χ1n) is 12.0. The van der Waals surface area contributed by atoms with Gasteiger partial charge in [0.1, 0.15) is 40.9 Å². The van der Waals surface area contributed by atoms with Gasteiger partial charge in [-0.3, -0.25) is 29.3 Å². The van der Waals surface area contributed by atoms with Crippen molar-refractivity contribution in [2.24, 2.45) is 0 Å². The highest BCUT2D eigenvalue weighted by molar-refractivity contribution is 8.01. The lowest BCUT2D eigenvalue weighted by atomic mass is 9.95. The number of nitrogens with zero attached hydrogens (tertiary/aromatic N) is 2. The van der Waals surface area contributed by atoms with Crippen LogP contribution in [0.2, 0.25) is 0 Å². The molecule has 3 heterocycles. The van der Waals surface area contributed by atoms with Crippen molar-refractivity contribution in [2.75, 3.05) is 0 Å². The Balaban J connectivity index is 1.41. The van der Waals surface area contributed by atoms with Crippen molar-refractivity contribution in [1.29, 1.82) is 0 Å². The Hall–Kier alpha value is -4.72. The molecule has 1 aromatic heterocycles. The Morgan fingerprint density at radius 1 is 1.15 bits per heavy atom. The summed E-state index contributed by atoms with van der Waals surface area (Å²) in [7, 11) is 0. The van der Waals surface area contributed by atoms with E-state index in [-0.39, 0.29) is 16.7 Å².